The van der Waals surface area contributed by atoms with Gasteiger partial charge in [-0.25, -0.2) is 4.39 Å². The molecule has 0 amide bonds. The summed E-state index contributed by atoms with van der Waals surface area (Å²) in [6, 6.07) is 6.44. The molecule has 1 aliphatic heterocycles. The summed E-state index contributed by atoms with van der Waals surface area (Å²) in [5.41, 5.74) is 1.79. The normalized spacial score (nSPS) is 20.2. The summed E-state index contributed by atoms with van der Waals surface area (Å²) in [4.78, 5) is 2.22. The van der Waals surface area contributed by atoms with Crippen LogP contribution in [0.5, 0.6) is 0 Å². The molecular weight excluding hydrogens is 301 g/mol. The molecule has 7 heteroatoms. The van der Waals surface area contributed by atoms with Gasteiger partial charge in [-0.05, 0) is 17.7 Å². The molecule has 0 aliphatic carbocycles. The monoisotopic (exact) mass is 313 g/mol. The molecule has 0 spiro atoms. The van der Waals surface area contributed by atoms with Gasteiger partial charge in [0.1, 0.15) is 15.8 Å². The van der Waals surface area contributed by atoms with E-state index in [0.29, 0.717) is 17.5 Å². The van der Waals surface area contributed by atoms with E-state index in [-0.39, 0.29) is 11.9 Å². The Morgan fingerprint density at radius 3 is 2.90 bits per heavy atom. The van der Waals surface area contributed by atoms with E-state index >= 15 is 0 Å². The maximum Gasteiger partial charge on any atom is 0.138 e. The van der Waals surface area contributed by atoms with Crippen LogP contribution in [0.3, 0.4) is 0 Å². The van der Waals surface area contributed by atoms with Crippen LogP contribution >= 0.6 is 23.1 Å². The Morgan fingerprint density at radius 2 is 2.20 bits per heavy atom. The van der Waals surface area contributed by atoms with Gasteiger partial charge < -0.3 is 4.74 Å². The number of aromatic nitrogens is 2. The molecule has 2 heterocycles. The average Bonchev–Trinajstić information content (AvgIpc) is 2.85. The van der Waals surface area contributed by atoms with Crippen LogP contribution in [0.4, 0.5) is 4.39 Å². The Bertz CT molecular complexity index is 577. The van der Waals surface area contributed by atoms with E-state index in [4.69, 9.17) is 16.3 Å². The zero-order valence-corrected chi connectivity index (χ0v) is 12.2. The molecule has 3 rings (SSSR count). The topological polar surface area (TPSA) is 38.2 Å². The van der Waals surface area contributed by atoms with Gasteiger partial charge in [-0.1, -0.05) is 28.2 Å². The second-order valence-electron chi connectivity index (χ2n) is 4.64. The van der Waals surface area contributed by atoms with Crippen molar-refractivity contribution in [1.29, 1.82) is 0 Å². The fraction of sp³-hybridized carbons (Fsp3) is 0.385. The van der Waals surface area contributed by atoms with Gasteiger partial charge in [-0.3, -0.25) is 4.90 Å². The van der Waals surface area contributed by atoms with Crippen LogP contribution in [0.15, 0.2) is 24.3 Å². The number of benzene rings is 1. The Hall–Kier alpha value is -1.08. The first-order chi connectivity index (χ1) is 9.72. The van der Waals surface area contributed by atoms with Crippen LogP contribution < -0.4 is 0 Å². The summed E-state index contributed by atoms with van der Waals surface area (Å²) in [7, 11) is 0. The summed E-state index contributed by atoms with van der Waals surface area (Å²) in [5.74, 6) is -0.234. The molecule has 2 aromatic rings. The lowest BCUT2D eigenvalue weighted by atomic mass is 10.1. The minimum absolute atomic E-state index is 0.0466. The van der Waals surface area contributed by atoms with Crippen molar-refractivity contribution in [3.8, 4) is 0 Å². The highest BCUT2D eigenvalue weighted by atomic mass is 35.5. The van der Waals surface area contributed by atoms with Gasteiger partial charge in [-0.15, -0.1) is 5.10 Å². The highest BCUT2D eigenvalue weighted by Gasteiger charge is 2.23. The molecule has 1 aliphatic rings. The van der Waals surface area contributed by atoms with E-state index in [9.17, 15) is 4.39 Å². The predicted molar refractivity (Wildman–Crippen MR) is 75.3 cm³/mol. The van der Waals surface area contributed by atoms with Crippen molar-refractivity contribution < 1.29 is 9.13 Å². The van der Waals surface area contributed by atoms with E-state index in [1.807, 2.05) is 0 Å². The van der Waals surface area contributed by atoms with Crippen molar-refractivity contribution in [3.05, 3.63) is 45.7 Å². The largest absolute Gasteiger partial charge is 0.371 e. The summed E-state index contributed by atoms with van der Waals surface area (Å²) in [6.07, 6.45) is -0.0466. The lowest BCUT2D eigenvalue weighted by Gasteiger charge is -2.32. The number of halogens is 2. The van der Waals surface area contributed by atoms with E-state index in [1.165, 1.54) is 23.7 Å². The van der Waals surface area contributed by atoms with Gasteiger partial charge in [0.25, 0.3) is 0 Å². The number of rotatable bonds is 3. The van der Waals surface area contributed by atoms with Crippen molar-refractivity contribution in [3.63, 3.8) is 0 Å². The highest BCUT2D eigenvalue weighted by Crippen LogP contribution is 2.25. The van der Waals surface area contributed by atoms with E-state index in [0.717, 1.165) is 24.3 Å². The van der Waals surface area contributed by atoms with Crippen LogP contribution in [-0.4, -0.2) is 34.2 Å². The summed E-state index contributed by atoms with van der Waals surface area (Å²) >= 11 is 7.22. The number of morpholine rings is 1. The van der Waals surface area contributed by atoms with Gasteiger partial charge >= 0.3 is 0 Å². The smallest absolute Gasteiger partial charge is 0.138 e. The number of nitrogens with zero attached hydrogens (tertiary/aromatic N) is 3. The highest BCUT2D eigenvalue weighted by molar-refractivity contribution is 7.10. The third-order valence-corrected chi connectivity index (χ3v) is 4.26. The van der Waals surface area contributed by atoms with E-state index < -0.39 is 0 Å². The first-order valence-electron chi connectivity index (χ1n) is 6.28. The lowest BCUT2D eigenvalue weighted by molar-refractivity contribution is -0.0333. The quantitative estimate of drug-likeness (QED) is 0.873. The Kier molecular flexibility index (Phi) is 4.26. The molecule has 1 aromatic heterocycles. The molecule has 0 bridgehead atoms. The number of ether oxygens (including phenoxy) is 1. The van der Waals surface area contributed by atoms with Crippen LogP contribution in [-0.2, 0) is 11.3 Å². The zero-order chi connectivity index (χ0) is 13.9. The fourth-order valence-electron chi connectivity index (χ4n) is 2.23. The Labute approximate surface area is 125 Å². The molecular formula is C13H13ClFN3OS. The molecule has 0 N–H and O–H groups in total. The molecule has 106 valence electrons. The van der Waals surface area contributed by atoms with Crippen molar-refractivity contribution in [2.75, 3.05) is 19.7 Å². The van der Waals surface area contributed by atoms with Gasteiger partial charge in [0, 0.05) is 31.2 Å². The van der Waals surface area contributed by atoms with Crippen molar-refractivity contribution in [2.45, 2.75) is 12.6 Å². The van der Waals surface area contributed by atoms with Gasteiger partial charge in [0.05, 0.1) is 12.7 Å². The summed E-state index contributed by atoms with van der Waals surface area (Å²) in [5, 5.41) is 4.02. The number of hydrogen-bond donors (Lipinski definition) is 0. The first kappa shape index (κ1) is 13.9. The number of hydrogen-bond acceptors (Lipinski definition) is 5. The standard InChI is InChI=1S/C13H13ClFN3OS/c14-13-11(16-17-20-13)7-18-5-6-19-12(8-18)9-1-3-10(15)4-2-9/h1-4,12H,5-8H2/t12-/m0/s1. The van der Waals surface area contributed by atoms with E-state index in [1.54, 1.807) is 12.1 Å². The van der Waals surface area contributed by atoms with Crippen molar-refractivity contribution in [1.82, 2.24) is 14.5 Å². The minimum atomic E-state index is -0.234. The lowest BCUT2D eigenvalue weighted by Crippen LogP contribution is -2.37. The van der Waals surface area contributed by atoms with Gasteiger partial charge in [0.15, 0.2) is 0 Å². The Balaban J connectivity index is 1.67. The molecule has 1 fully saturated rings. The van der Waals surface area contributed by atoms with Crippen LogP contribution in [0.25, 0.3) is 0 Å². The van der Waals surface area contributed by atoms with Crippen LogP contribution in [0.2, 0.25) is 4.34 Å². The van der Waals surface area contributed by atoms with Gasteiger partial charge in [0.2, 0.25) is 0 Å². The molecule has 4 nitrogen and oxygen atoms in total. The van der Waals surface area contributed by atoms with Crippen LogP contribution in [0, 0.1) is 5.82 Å². The van der Waals surface area contributed by atoms with E-state index in [2.05, 4.69) is 14.5 Å². The second-order valence-corrected chi connectivity index (χ2v) is 6.00. The average molecular weight is 314 g/mol. The van der Waals surface area contributed by atoms with Crippen molar-refractivity contribution >= 4 is 23.1 Å². The zero-order valence-electron chi connectivity index (χ0n) is 10.6. The third-order valence-electron chi connectivity index (χ3n) is 3.28. The van der Waals surface area contributed by atoms with Crippen molar-refractivity contribution in [2.24, 2.45) is 0 Å². The molecule has 20 heavy (non-hydrogen) atoms. The maximum absolute atomic E-state index is 12.9. The summed E-state index contributed by atoms with van der Waals surface area (Å²) in [6.45, 7) is 2.86. The van der Waals surface area contributed by atoms with Gasteiger partial charge in [-0.2, -0.15) is 0 Å². The second kappa shape index (κ2) is 6.13. The molecule has 1 saturated heterocycles. The third kappa shape index (κ3) is 3.15. The molecule has 1 aromatic carbocycles. The summed E-state index contributed by atoms with van der Waals surface area (Å²) < 4.78 is 23.2. The minimum Gasteiger partial charge on any atom is -0.371 e. The first-order valence-corrected chi connectivity index (χ1v) is 7.43. The SMILES string of the molecule is Fc1ccc([C@@H]2CN(Cc3nnsc3Cl)CCO2)cc1. The molecule has 0 saturated carbocycles. The fourth-order valence-corrected chi connectivity index (χ4v) is 2.84. The maximum atomic E-state index is 12.9. The Morgan fingerprint density at radius 1 is 1.40 bits per heavy atom. The molecule has 1 atom stereocenters. The molecule has 0 unspecified atom stereocenters. The predicted octanol–water partition coefficient (Wildman–Crippen LogP) is 2.90. The molecule has 0 radical (unpaired) electrons. The van der Waals surface area contributed by atoms with Crippen LogP contribution in [0.1, 0.15) is 17.4 Å².